The van der Waals surface area contributed by atoms with Crippen molar-refractivity contribution < 1.29 is 38.1 Å². The van der Waals surface area contributed by atoms with Crippen molar-refractivity contribution in [1.29, 1.82) is 0 Å². The van der Waals surface area contributed by atoms with Crippen molar-refractivity contribution in [1.82, 2.24) is 0 Å². The van der Waals surface area contributed by atoms with Gasteiger partial charge in [-0.3, -0.25) is 19.2 Å². The molecule has 0 bridgehead atoms. The molecule has 1 saturated carbocycles. The van der Waals surface area contributed by atoms with Gasteiger partial charge in [0, 0.05) is 43.2 Å². The van der Waals surface area contributed by atoms with Crippen molar-refractivity contribution in [3.63, 3.8) is 0 Å². The van der Waals surface area contributed by atoms with Crippen LogP contribution in [0.15, 0.2) is 34.3 Å². The van der Waals surface area contributed by atoms with Crippen LogP contribution in [0.2, 0.25) is 0 Å². The van der Waals surface area contributed by atoms with Crippen LogP contribution in [0, 0.1) is 0 Å². The molecule has 1 saturated heterocycles. The zero-order valence-corrected chi connectivity index (χ0v) is 19.1. The highest BCUT2D eigenvalue weighted by Crippen LogP contribution is 2.65. The number of rotatable bonds is 8. The molecular weight excluding hydrogens is 456 g/mol. The van der Waals surface area contributed by atoms with Gasteiger partial charge in [0.2, 0.25) is 5.91 Å². The molecule has 33 heavy (non-hydrogen) atoms. The summed E-state index contributed by atoms with van der Waals surface area (Å²) in [5.74, 6) is -2.25. The van der Waals surface area contributed by atoms with E-state index in [0.29, 0.717) is 10.6 Å². The Morgan fingerprint density at radius 2 is 1.91 bits per heavy atom. The van der Waals surface area contributed by atoms with Gasteiger partial charge in [-0.15, -0.1) is 0 Å². The van der Waals surface area contributed by atoms with Crippen LogP contribution in [0.25, 0.3) is 10.4 Å². The van der Waals surface area contributed by atoms with Crippen LogP contribution in [0.3, 0.4) is 0 Å². The average Bonchev–Trinajstić information content (AvgIpc) is 2.70. The number of ether oxygens (including phenoxy) is 4. The van der Waals surface area contributed by atoms with Crippen molar-refractivity contribution >= 4 is 41.3 Å². The third kappa shape index (κ3) is 4.34. The summed E-state index contributed by atoms with van der Waals surface area (Å²) in [7, 11) is 0. The summed E-state index contributed by atoms with van der Waals surface area (Å²) in [6.07, 6.45) is -1.15. The van der Waals surface area contributed by atoms with Crippen molar-refractivity contribution in [2.75, 3.05) is 11.9 Å². The topological polar surface area (TPSA) is 166 Å². The second-order valence-corrected chi connectivity index (χ2v) is 8.65. The summed E-state index contributed by atoms with van der Waals surface area (Å²) in [6.45, 7) is 4.51. The molecule has 1 amide bonds. The molecule has 1 heterocycles. The summed E-state index contributed by atoms with van der Waals surface area (Å²) in [6, 6.07) is 5.72. The van der Waals surface area contributed by atoms with Crippen LogP contribution < -0.4 is 5.32 Å². The first-order valence-electron chi connectivity index (χ1n) is 9.82. The van der Waals surface area contributed by atoms with E-state index in [1.54, 1.807) is 24.3 Å². The number of esters is 3. The van der Waals surface area contributed by atoms with Gasteiger partial charge in [-0.05, 0) is 23.7 Å². The number of carbonyl (C=O) groups excluding carboxylic acids is 4. The number of azide groups is 1. The van der Waals surface area contributed by atoms with Gasteiger partial charge in [0.25, 0.3) is 0 Å². The quantitative estimate of drug-likeness (QED) is 0.194. The highest BCUT2D eigenvalue weighted by molar-refractivity contribution is 8.00. The van der Waals surface area contributed by atoms with E-state index in [1.807, 2.05) is 0 Å². The van der Waals surface area contributed by atoms with Crippen LogP contribution in [0.1, 0.15) is 27.7 Å². The van der Waals surface area contributed by atoms with Crippen LogP contribution in [0.4, 0.5) is 5.69 Å². The second-order valence-electron chi connectivity index (χ2n) is 7.51. The van der Waals surface area contributed by atoms with Gasteiger partial charge in [-0.25, -0.2) is 0 Å². The number of hydrogen-bond acceptors (Lipinski definition) is 10. The minimum atomic E-state index is -1.57. The molecule has 176 valence electrons. The standard InChI is InChI=1S/C20H22N4O8S/c1-10(25)22-14-6-5-7-15(8-14)33-18-20(31-13(4)28)16(23-24-21)17(30-12(3)27)19(20,32-18)9-29-11(2)26/h5-8,16-18H,9H2,1-4H3,(H,22,25)/t16?,17-,18-,19?,20?/m0/s1. The maximum absolute atomic E-state index is 12.1. The lowest BCUT2D eigenvalue weighted by Crippen LogP contribution is -2.95. The molecule has 12 nitrogen and oxygen atoms in total. The molecule has 1 aliphatic carbocycles. The maximum Gasteiger partial charge on any atom is 0.303 e. The number of carbonyl (C=O) groups is 4. The molecule has 5 atom stereocenters. The molecule has 13 heteroatoms. The number of amides is 1. The van der Waals surface area contributed by atoms with Gasteiger partial charge in [0.1, 0.15) is 12.6 Å². The Morgan fingerprint density at radius 1 is 1.18 bits per heavy atom. The van der Waals surface area contributed by atoms with Gasteiger partial charge in [0.15, 0.2) is 22.7 Å². The molecule has 1 aromatic carbocycles. The zero-order chi connectivity index (χ0) is 24.4. The largest absolute Gasteiger partial charge is 0.462 e. The molecule has 0 aromatic heterocycles. The van der Waals surface area contributed by atoms with E-state index in [0.717, 1.165) is 18.7 Å². The normalized spacial score (nSPS) is 29.2. The lowest BCUT2D eigenvalue weighted by atomic mass is 9.55. The second kappa shape index (κ2) is 9.30. The monoisotopic (exact) mass is 478 g/mol. The summed E-state index contributed by atoms with van der Waals surface area (Å²) < 4.78 is 22.2. The van der Waals surface area contributed by atoms with Crippen molar-refractivity contribution in [3.8, 4) is 0 Å². The Bertz CT molecular complexity index is 1040. The molecule has 2 fully saturated rings. The van der Waals surface area contributed by atoms with Gasteiger partial charge >= 0.3 is 17.9 Å². The number of nitrogens with zero attached hydrogens (tertiary/aromatic N) is 3. The first kappa shape index (κ1) is 24.4. The predicted octanol–water partition coefficient (Wildman–Crippen LogP) is 2.32. The van der Waals surface area contributed by atoms with Crippen LogP contribution in [-0.4, -0.2) is 59.2 Å². The molecular formula is C20H22N4O8S. The van der Waals surface area contributed by atoms with Crippen LogP contribution in [0.5, 0.6) is 0 Å². The highest BCUT2D eigenvalue weighted by Gasteiger charge is 2.89. The molecule has 3 rings (SSSR count). The van der Waals surface area contributed by atoms with Gasteiger partial charge in [-0.1, -0.05) is 22.9 Å². The molecule has 1 N–H and O–H groups in total. The van der Waals surface area contributed by atoms with E-state index in [2.05, 4.69) is 15.3 Å². The number of thioether (sulfide) groups is 1. The van der Waals surface area contributed by atoms with E-state index in [-0.39, 0.29) is 5.91 Å². The fourth-order valence-corrected chi connectivity index (χ4v) is 5.45. The molecule has 3 unspecified atom stereocenters. The van der Waals surface area contributed by atoms with Crippen LogP contribution >= 0.6 is 11.8 Å². The lowest BCUT2D eigenvalue weighted by molar-refractivity contribution is -0.427. The van der Waals surface area contributed by atoms with Crippen LogP contribution in [-0.2, 0) is 38.1 Å². The Labute approximate surface area is 192 Å². The van der Waals surface area contributed by atoms with Crippen molar-refractivity contribution in [2.24, 2.45) is 5.11 Å². The average molecular weight is 478 g/mol. The third-order valence-electron chi connectivity index (χ3n) is 5.18. The number of nitrogens with one attached hydrogen (secondary N) is 1. The molecule has 1 aliphatic heterocycles. The van der Waals surface area contributed by atoms with E-state index < -0.39 is 53.3 Å². The van der Waals surface area contributed by atoms with Gasteiger partial charge < -0.3 is 24.3 Å². The number of anilines is 1. The summed E-state index contributed by atoms with van der Waals surface area (Å²) in [5.41, 5.74) is 5.65. The first-order valence-corrected chi connectivity index (χ1v) is 10.7. The summed E-state index contributed by atoms with van der Waals surface area (Å²) >= 11 is 1.14. The fourth-order valence-electron chi connectivity index (χ4n) is 4.07. The third-order valence-corrected chi connectivity index (χ3v) is 6.37. The smallest absolute Gasteiger partial charge is 0.303 e. The summed E-state index contributed by atoms with van der Waals surface area (Å²) in [4.78, 5) is 50.1. The number of fused-ring (bicyclic) bond motifs is 1. The Hall–Kier alpha value is -3.28. The Balaban J connectivity index is 2.00. The highest BCUT2D eigenvalue weighted by atomic mass is 32.2. The Morgan fingerprint density at radius 3 is 2.48 bits per heavy atom. The summed E-state index contributed by atoms with van der Waals surface area (Å²) in [5, 5.41) is 6.40. The minimum absolute atomic E-state index is 0.250. The molecule has 0 spiro atoms. The molecule has 2 aliphatic rings. The number of hydrogen-bond donors (Lipinski definition) is 1. The van der Waals surface area contributed by atoms with E-state index >= 15 is 0 Å². The Kier molecular flexibility index (Phi) is 6.86. The maximum atomic E-state index is 12.1. The fraction of sp³-hybridized carbons (Fsp3) is 0.500. The van der Waals surface area contributed by atoms with Crippen molar-refractivity contribution in [3.05, 3.63) is 34.7 Å². The van der Waals surface area contributed by atoms with E-state index in [9.17, 15) is 19.2 Å². The minimum Gasteiger partial charge on any atom is -0.462 e. The van der Waals surface area contributed by atoms with Crippen molar-refractivity contribution in [2.45, 2.75) is 61.4 Å². The van der Waals surface area contributed by atoms with E-state index in [4.69, 9.17) is 24.5 Å². The first-order chi connectivity index (χ1) is 15.6. The predicted molar refractivity (Wildman–Crippen MR) is 114 cm³/mol. The van der Waals surface area contributed by atoms with Gasteiger partial charge in [0.05, 0.1) is 0 Å². The SMILES string of the molecule is CC(=O)Nc1cccc(S[C@@H]2OC3(COC(C)=O)[C@@H](OC(C)=O)C(N=[N+]=[N-])C23OC(C)=O)c1. The lowest BCUT2D eigenvalue weighted by Gasteiger charge is -2.72. The molecule has 0 radical (unpaired) electrons. The number of benzene rings is 1. The van der Waals surface area contributed by atoms with Gasteiger partial charge in [-0.2, -0.15) is 0 Å². The molecule has 1 aromatic rings. The van der Waals surface area contributed by atoms with E-state index in [1.165, 1.54) is 20.8 Å². The zero-order valence-electron chi connectivity index (χ0n) is 18.3.